The molecule has 0 saturated carbocycles. The van der Waals surface area contributed by atoms with Crippen LogP contribution in [0.4, 0.5) is 0 Å². The lowest BCUT2D eigenvalue weighted by Gasteiger charge is -2.35. The van der Waals surface area contributed by atoms with Crippen LogP contribution < -0.4 is 10.6 Å². The van der Waals surface area contributed by atoms with Crippen LogP contribution in [-0.2, 0) is 6.54 Å². The third-order valence-corrected chi connectivity index (χ3v) is 4.80. The fourth-order valence-corrected chi connectivity index (χ4v) is 2.94. The average molecular weight is 335 g/mol. The number of nitrogens with zero attached hydrogens (tertiary/aromatic N) is 3. The number of oxazole rings is 1. The lowest BCUT2D eigenvalue weighted by Crippen LogP contribution is -2.48. The highest BCUT2D eigenvalue weighted by atomic mass is 16.4. The molecule has 0 aromatic carbocycles. The summed E-state index contributed by atoms with van der Waals surface area (Å²) >= 11 is 0. The van der Waals surface area contributed by atoms with Crippen LogP contribution in [0, 0.1) is 19.8 Å². The van der Waals surface area contributed by atoms with Gasteiger partial charge in [0.1, 0.15) is 12.3 Å². The number of rotatable bonds is 6. The second-order valence-electron chi connectivity index (χ2n) is 6.89. The van der Waals surface area contributed by atoms with Crippen molar-refractivity contribution in [1.82, 2.24) is 20.5 Å². The maximum atomic E-state index is 5.59. The van der Waals surface area contributed by atoms with Gasteiger partial charge in [0, 0.05) is 19.1 Å². The minimum Gasteiger partial charge on any atom is -0.444 e. The highest BCUT2D eigenvalue weighted by Gasteiger charge is 2.20. The Hall–Kier alpha value is -1.56. The monoisotopic (exact) mass is 335 g/mol. The smallest absolute Gasteiger partial charge is 0.216 e. The number of aryl methyl sites for hydroxylation is 2. The summed E-state index contributed by atoms with van der Waals surface area (Å²) in [5, 5.41) is 6.74. The lowest BCUT2D eigenvalue weighted by molar-refractivity contribution is 0.147. The van der Waals surface area contributed by atoms with Crippen molar-refractivity contribution in [3.8, 4) is 0 Å². The summed E-state index contributed by atoms with van der Waals surface area (Å²) in [6, 6.07) is 0.507. The normalized spacial score (nSPS) is 18.6. The molecule has 2 heterocycles. The molecule has 0 aliphatic carbocycles. The van der Waals surface area contributed by atoms with Gasteiger partial charge in [0.25, 0.3) is 0 Å². The molecule has 136 valence electrons. The summed E-state index contributed by atoms with van der Waals surface area (Å²) in [6.07, 6.45) is 2.61. The molecular weight excluding hydrogens is 302 g/mol. The van der Waals surface area contributed by atoms with Gasteiger partial charge in [-0.05, 0) is 59.5 Å². The summed E-state index contributed by atoms with van der Waals surface area (Å²) in [5.41, 5.74) is 0.936. The van der Waals surface area contributed by atoms with Gasteiger partial charge in [-0.1, -0.05) is 6.92 Å². The van der Waals surface area contributed by atoms with E-state index in [9.17, 15) is 0 Å². The molecule has 1 fully saturated rings. The lowest BCUT2D eigenvalue weighted by atomic mass is 9.98. The number of hydrogen-bond donors (Lipinski definition) is 2. The van der Waals surface area contributed by atoms with Crippen molar-refractivity contribution in [2.75, 3.05) is 26.2 Å². The van der Waals surface area contributed by atoms with Crippen molar-refractivity contribution < 1.29 is 4.42 Å². The van der Waals surface area contributed by atoms with Crippen LogP contribution in [0.3, 0.4) is 0 Å². The van der Waals surface area contributed by atoms with E-state index < -0.39 is 0 Å². The van der Waals surface area contributed by atoms with Crippen LogP contribution in [0.25, 0.3) is 0 Å². The SMILES string of the molecule is CCNC(=NCc1nc(C)c(C)o1)NCC(C)N1CCC(C)CC1. The van der Waals surface area contributed by atoms with Gasteiger partial charge in [0.2, 0.25) is 5.89 Å². The molecule has 24 heavy (non-hydrogen) atoms. The first-order valence-corrected chi connectivity index (χ1v) is 9.18. The molecule has 1 saturated heterocycles. The number of nitrogens with one attached hydrogen (secondary N) is 2. The molecule has 1 unspecified atom stereocenters. The Bertz CT molecular complexity index is 512. The van der Waals surface area contributed by atoms with Crippen molar-refractivity contribution in [1.29, 1.82) is 0 Å². The predicted octanol–water partition coefficient (Wildman–Crippen LogP) is 2.47. The average Bonchev–Trinajstić information content (AvgIpc) is 2.88. The second-order valence-corrected chi connectivity index (χ2v) is 6.89. The number of piperidine rings is 1. The van der Waals surface area contributed by atoms with Crippen molar-refractivity contribution in [2.45, 2.75) is 60.0 Å². The first kappa shape index (κ1) is 18.8. The van der Waals surface area contributed by atoms with Gasteiger partial charge in [0.15, 0.2) is 5.96 Å². The molecule has 0 spiro atoms. The maximum Gasteiger partial charge on any atom is 0.216 e. The predicted molar refractivity (Wildman–Crippen MR) is 98.2 cm³/mol. The second kappa shape index (κ2) is 9.06. The summed E-state index contributed by atoms with van der Waals surface area (Å²) < 4.78 is 5.59. The van der Waals surface area contributed by atoms with E-state index >= 15 is 0 Å². The van der Waals surface area contributed by atoms with Gasteiger partial charge in [-0.3, -0.25) is 4.90 Å². The number of aliphatic imine (C=N–C) groups is 1. The van der Waals surface area contributed by atoms with Crippen molar-refractivity contribution in [2.24, 2.45) is 10.9 Å². The van der Waals surface area contributed by atoms with Crippen molar-refractivity contribution in [3.63, 3.8) is 0 Å². The van der Waals surface area contributed by atoms with Crippen LogP contribution in [0.2, 0.25) is 0 Å². The Balaban J connectivity index is 1.84. The van der Waals surface area contributed by atoms with E-state index in [1.807, 2.05) is 13.8 Å². The summed E-state index contributed by atoms with van der Waals surface area (Å²) in [5.74, 6) is 3.22. The van der Waals surface area contributed by atoms with E-state index in [1.54, 1.807) is 0 Å². The van der Waals surface area contributed by atoms with Crippen LogP contribution in [0.5, 0.6) is 0 Å². The van der Waals surface area contributed by atoms with Crippen LogP contribution in [0.15, 0.2) is 9.41 Å². The highest BCUT2D eigenvalue weighted by Crippen LogP contribution is 2.17. The number of aromatic nitrogens is 1. The molecular formula is C18H33N5O. The molecule has 1 aliphatic heterocycles. The molecule has 0 radical (unpaired) electrons. The highest BCUT2D eigenvalue weighted by molar-refractivity contribution is 5.79. The first-order chi connectivity index (χ1) is 11.5. The largest absolute Gasteiger partial charge is 0.444 e. The fourth-order valence-electron chi connectivity index (χ4n) is 2.94. The van der Waals surface area contributed by atoms with Gasteiger partial charge in [-0.15, -0.1) is 0 Å². The zero-order valence-corrected chi connectivity index (χ0v) is 15.9. The topological polar surface area (TPSA) is 65.7 Å². The summed E-state index contributed by atoms with van der Waals surface area (Å²) in [7, 11) is 0. The number of likely N-dealkylation sites (tertiary alicyclic amines) is 1. The maximum absolute atomic E-state index is 5.59. The van der Waals surface area contributed by atoms with Gasteiger partial charge in [-0.25, -0.2) is 9.98 Å². The zero-order chi connectivity index (χ0) is 17.5. The van der Waals surface area contributed by atoms with Gasteiger partial charge in [-0.2, -0.15) is 0 Å². The Kier molecular flexibility index (Phi) is 7.09. The molecule has 6 nitrogen and oxygen atoms in total. The van der Waals surface area contributed by atoms with E-state index in [2.05, 4.69) is 46.3 Å². The Morgan fingerprint density at radius 1 is 1.33 bits per heavy atom. The third-order valence-electron chi connectivity index (χ3n) is 4.80. The van der Waals surface area contributed by atoms with Crippen LogP contribution >= 0.6 is 0 Å². The zero-order valence-electron chi connectivity index (χ0n) is 15.9. The summed E-state index contributed by atoms with van der Waals surface area (Å²) in [4.78, 5) is 11.5. The Morgan fingerprint density at radius 2 is 2.04 bits per heavy atom. The minimum absolute atomic E-state index is 0.458. The van der Waals surface area contributed by atoms with Crippen molar-refractivity contribution >= 4 is 5.96 Å². The molecule has 1 aromatic heterocycles. The molecule has 0 amide bonds. The number of guanidine groups is 1. The van der Waals surface area contributed by atoms with Crippen LogP contribution in [-0.4, -0.2) is 48.1 Å². The quantitative estimate of drug-likeness (QED) is 0.617. The van der Waals surface area contributed by atoms with E-state index in [1.165, 1.54) is 25.9 Å². The molecule has 6 heteroatoms. The molecule has 2 rings (SSSR count). The van der Waals surface area contributed by atoms with E-state index in [-0.39, 0.29) is 0 Å². The van der Waals surface area contributed by atoms with Crippen molar-refractivity contribution in [3.05, 3.63) is 17.3 Å². The van der Waals surface area contributed by atoms with E-state index in [0.29, 0.717) is 18.5 Å². The summed E-state index contributed by atoms with van der Waals surface area (Å²) in [6.45, 7) is 15.2. The Labute approximate surface area is 146 Å². The third kappa shape index (κ3) is 5.51. The van der Waals surface area contributed by atoms with Gasteiger partial charge >= 0.3 is 0 Å². The molecule has 1 atom stereocenters. The molecule has 1 aromatic rings. The Morgan fingerprint density at radius 3 is 2.62 bits per heavy atom. The standard InChI is InChI=1S/C18H33N5O/c1-6-19-18(21-12-17-22-15(4)16(5)24-17)20-11-14(3)23-9-7-13(2)8-10-23/h13-14H,6-12H2,1-5H3,(H2,19,20,21). The minimum atomic E-state index is 0.458. The van der Waals surface area contributed by atoms with E-state index in [4.69, 9.17) is 4.42 Å². The molecule has 2 N–H and O–H groups in total. The number of hydrogen-bond acceptors (Lipinski definition) is 4. The van der Waals surface area contributed by atoms with Gasteiger partial charge < -0.3 is 15.1 Å². The molecule has 1 aliphatic rings. The molecule has 0 bridgehead atoms. The first-order valence-electron chi connectivity index (χ1n) is 9.18. The van der Waals surface area contributed by atoms with Gasteiger partial charge in [0.05, 0.1) is 5.69 Å². The van der Waals surface area contributed by atoms with Crippen LogP contribution in [0.1, 0.15) is 51.0 Å². The fraction of sp³-hybridized carbons (Fsp3) is 0.778. The van der Waals surface area contributed by atoms with E-state index in [0.717, 1.165) is 36.4 Å².